The van der Waals surface area contributed by atoms with Crippen LogP contribution in [0.15, 0.2) is 42.5 Å². The standard InChI is InChI=1S/C18H16ClFN2O3/c19-15-9-12(20)6-7-16(15)21-17(23)11-25-14-4-1-3-13(10-14)22-8-2-5-18(22)24/h1,3-4,6-7,9-10H,2,5,8,11H2,(H,21,23). The number of nitrogens with one attached hydrogen (secondary N) is 1. The molecule has 0 aliphatic carbocycles. The van der Waals surface area contributed by atoms with Crippen molar-refractivity contribution in [1.82, 2.24) is 0 Å². The van der Waals surface area contributed by atoms with Crippen molar-refractivity contribution in [3.05, 3.63) is 53.3 Å². The first-order valence-corrected chi connectivity index (χ1v) is 8.19. The van der Waals surface area contributed by atoms with Gasteiger partial charge < -0.3 is 15.0 Å². The Balaban J connectivity index is 1.59. The summed E-state index contributed by atoms with van der Waals surface area (Å²) in [5.41, 5.74) is 1.06. The molecule has 0 unspecified atom stereocenters. The number of carbonyl (C=O) groups is 2. The van der Waals surface area contributed by atoms with Crippen LogP contribution < -0.4 is 15.0 Å². The average Bonchev–Trinajstić information content (AvgIpc) is 3.02. The van der Waals surface area contributed by atoms with E-state index in [1.165, 1.54) is 12.1 Å². The lowest BCUT2D eigenvalue weighted by Gasteiger charge is -2.16. The molecule has 1 N–H and O–H groups in total. The molecule has 0 bridgehead atoms. The number of benzene rings is 2. The number of nitrogens with zero attached hydrogens (tertiary/aromatic N) is 1. The molecule has 2 aromatic carbocycles. The van der Waals surface area contributed by atoms with Crippen LogP contribution in [0.2, 0.25) is 5.02 Å². The predicted molar refractivity (Wildman–Crippen MR) is 93.6 cm³/mol. The molecule has 3 rings (SSSR count). The molecule has 130 valence electrons. The lowest BCUT2D eigenvalue weighted by Crippen LogP contribution is -2.24. The number of ether oxygens (including phenoxy) is 1. The Bertz CT molecular complexity index is 813. The molecule has 0 spiro atoms. The second-order valence-electron chi connectivity index (χ2n) is 5.61. The van der Waals surface area contributed by atoms with E-state index in [1.54, 1.807) is 23.1 Å². The molecular formula is C18H16ClFN2O3. The van der Waals surface area contributed by atoms with Gasteiger partial charge >= 0.3 is 0 Å². The Labute approximate surface area is 149 Å². The van der Waals surface area contributed by atoms with Gasteiger partial charge in [0.15, 0.2) is 6.61 Å². The van der Waals surface area contributed by atoms with E-state index in [-0.39, 0.29) is 17.5 Å². The van der Waals surface area contributed by atoms with E-state index in [9.17, 15) is 14.0 Å². The highest BCUT2D eigenvalue weighted by atomic mass is 35.5. The maximum absolute atomic E-state index is 13.0. The quantitative estimate of drug-likeness (QED) is 0.883. The number of halogens is 2. The Kier molecular flexibility index (Phi) is 5.19. The smallest absolute Gasteiger partial charge is 0.262 e. The van der Waals surface area contributed by atoms with Crippen LogP contribution in [0.3, 0.4) is 0 Å². The molecule has 1 fully saturated rings. The topological polar surface area (TPSA) is 58.6 Å². The van der Waals surface area contributed by atoms with E-state index >= 15 is 0 Å². The normalized spacial score (nSPS) is 13.8. The molecule has 2 amide bonds. The van der Waals surface area contributed by atoms with E-state index in [0.717, 1.165) is 18.2 Å². The van der Waals surface area contributed by atoms with Gasteiger partial charge in [-0.25, -0.2) is 4.39 Å². The van der Waals surface area contributed by atoms with Crippen LogP contribution in [-0.2, 0) is 9.59 Å². The highest BCUT2D eigenvalue weighted by Gasteiger charge is 2.21. The molecule has 0 aromatic heterocycles. The van der Waals surface area contributed by atoms with Crippen LogP contribution in [-0.4, -0.2) is 25.0 Å². The van der Waals surface area contributed by atoms with E-state index < -0.39 is 11.7 Å². The molecule has 7 heteroatoms. The van der Waals surface area contributed by atoms with Gasteiger partial charge in [0.05, 0.1) is 10.7 Å². The van der Waals surface area contributed by atoms with Crippen molar-refractivity contribution in [2.45, 2.75) is 12.8 Å². The number of rotatable bonds is 5. The number of carbonyl (C=O) groups excluding carboxylic acids is 2. The fourth-order valence-electron chi connectivity index (χ4n) is 2.59. The first kappa shape index (κ1) is 17.2. The molecule has 0 atom stereocenters. The summed E-state index contributed by atoms with van der Waals surface area (Å²) in [6.07, 6.45) is 1.39. The second-order valence-corrected chi connectivity index (χ2v) is 6.01. The Morgan fingerprint density at radius 1 is 1.28 bits per heavy atom. The largest absolute Gasteiger partial charge is 0.484 e. The average molecular weight is 363 g/mol. The third-order valence-corrected chi connectivity index (χ3v) is 4.09. The van der Waals surface area contributed by atoms with E-state index in [4.69, 9.17) is 16.3 Å². The van der Waals surface area contributed by atoms with Crippen LogP contribution in [0.1, 0.15) is 12.8 Å². The van der Waals surface area contributed by atoms with Crippen molar-refractivity contribution in [3.63, 3.8) is 0 Å². The zero-order valence-corrected chi connectivity index (χ0v) is 14.1. The summed E-state index contributed by atoms with van der Waals surface area (Å²) in [7, 11) is 0. The van der Waals surface area contributed by atoms with Crippen molar-refractivity contribution in [1.29, 1.82) is 0 Å². The monoisotopic (exact) mass is 362 g/mol. The molecule has 1 aliphatic heterocycles. The highest BCUT2D eigenvalue weighted by Crippen LogP contribution is 2.26. The predicted octanol–water partition coefficient (Wildman–Crippen LogP) is 3.62. The summed E-state index contributed by atoms with van der Waals surface area (Å²) >= 11 is 5.86. The molecule has 0 radical (unpaired) electrons. The molecule has 5 nitrogen and oxygen atoms in total. The van der Waals surface area contributed by atoms with Crippen molar-refractivity contribution in [2.24, 2.45) is 0 Å². The lowest BCUT2D eigenvalue weighted by atomic mass is 10.3. The van der Waals surface area contributed by atoms with E-state index in [1.807, 2.05) is 6.07 Å². The van der Waals surface area contributed by atoms with Crippen LogP contribution in [0.5, 0.6) is 5.75 Å². The van der Waals surface area contributed by atoms with Crippen molar-refractivity contribution < 1.29 is 18.7 Å². The van der Waals surface area contributed by atoms with Gasteiger partial charge in [-0.2, -0.15) is 0 Å². The summed E-state index contributed by atoms with van der Waals surface area (Å²) in [4.78, 5) is 25.5. The van der Waals surface area contributed by atoms with Crippen molar-refractivity contribution in [2.75, 3.05) is 23.4 Å². The zero-order valence-electron chi connectivity index (χ0n) is 13.3. The van der Waals surface area contributed by atoms with Gasteiger partial charge in [0.25, 0.3) is 5.91 Å². The van der Waals surface area contributed by atoms with Crippen LogP contribution in [0.4, 0.5) is 15.8 Å². The van der Waals surface area contributed by atoms with Crippen molar-refractivity contribution in [3.8, 4) is 5.75 Å². The van der Waals surface area contributed by atoms with Gasteiger partial charge in [-0.15, -0.1) is 0 Å². The zero-order chi connectivity index (χ0) is 17.8. The number of hydrogen-bond acceptors (Lipinski definition) is 3. The first-order chi connectivity index (χ1) is 12.0. The van der Waals surface area contributed by atoms with Gasteiger partial charge in [0.1, 0.15) is 11.6 Å². The van der Waals surface area contributed by atoms with Gasteiger partial charge in [-0.05, 0) is 36.8 Å². The number of hydrogen-bond donors (Lipinski definition) is 1. The molecule has 25 heavy (non-hydrogen) atoms. The molecule has 0 saturated carbocycles. The Hall–Kier alpha value is -2.60. The highest BCUT2D eigenvalue weighted by molar-refractivity contribution is 6.33. The second kappa shape index (κ2) is 7.53. The summed E-state index contributed by atoms with van der Waals surface area (Å²) in [6, 6.07) is 10.7. The van der Waals surface area contributed by atoms with Crippen LogP contribution in [0, 0.1) is 5.82 Å². The Morgan fingerprint density at radius 3 is 2.84 bits per heavy atom. The molecule has 1 aliphatic rings. The van der Waals surface area contributed by atoms with Gasteiger partial charge in [-0.3, -0.25) is 9.59 Å². The van der Waals surface area contributed by atoms with Crippen LogP contribution in [0.25, 0.3) is 0 Å². The summed E-state index contributed by atoms with van der Waals surface area (Å²) < 4.78 is 18.5. The summed E-state index contributed by atoms with van der Waals surface area (Å²) in [5, 5.41) is 2.67. The lowest BCUT2D eigenvalue weighted by molar-refractivity contribution is -0.118. The van der Waals surface area contributed by atoms with E-state index in [0.29, 0.717) is 24.4 Å². The fourth-order valence-corrected chi connectivity index (χ4v) is 2.80. The maximum Gasteiger partial charge on any atom is 0.262 e. The molecular weight excluding hydrogens is 347 g/mol. The van der Waals surface area contributed by atoms with Crippen LogP contribution >= 0.6 is 11.6 Å². The molecule has 1 saturated heterocycles. The third kappa shape index (κ3) is 4.28. The number of amides is 2. The third-order valence-electron chi connectivity index (χ3n) is 3.78. The fraction of sp³-hybridized carbons (Fsp3) is 0.222. The minimum atomic E-state index is -0.479. The first-order valence-electron chi connectivity index (χ1n) is 7.81. The number of anilines is 2. The van der Waals surface area contributed by atoms with Gasteiger partial charge in [-0.1, -0.05) is 17.7 Å². The minimum Gasteiger partial charge on any atom is -0.484 e. The van der Waals surface area contributed by atoms with Gasteiger partial charge in [0, 0.05) is 24.7 Å². The minimum absolute atomic E-state index is 0.0841. The molecule has 1 heterocycles. The molecule has 2 aromatic rings. The maximum atomic E-state index is 13.0. The summed E-state index contributed by atoms with van der Waals surface area (Å²) in [5.74, 6) is -0.331. The van der Waals surface area contributed by atoms with Gasteiger partial charge in [0.2, 0.25) is 5.91 Å². The summed E-state index contributed by atoms with van der Waals surface area (Å²) in [6.45, 7) is 0.455. The van der Waals surface area contributed by atoms with Crippen molar-refractivity contribution >= 4 is 34.8 Å². The SMILES string of the molecule is O=C(COc1cccc(N2CCCC2=O)c1)Nc1ccc(F)cc1Cl. The Morgan fingerprint density at radius 2 is 2.12 bits per heavy atom. The van der Waals surface area contributed by atoms with E-state index in [2.05, 4.69) is 5.32 Å².